The maximum absolute atomic E-state index is 2.57. The quantitative estimate of drug-likeness (QED) is 0.760. The number of benzene rings is 1. The molecule has 1 aromatic carbocycles. The van der Waals surface area contributed by atoms with Crippen LogP contribution in [-0.4, -0.2) is 4.57 Å². The van der Waals surface area contributed by atoms with E-state index in [0.717, 1.165) is 6.54 Å². The van der Waals surface area contributed by atoms with Crippen LogP contribution in [0.5, 0.6) is 0 Å². The molecule has 0 aliphatic heterocycles. The first-order chi connectivity index (χ1) is 8.88. The van der Waals surface area contributed by atoms with Gasteiger partial charge in [-0.1, -0.05) is 43.7 Å². The summed E-state index contributed by atoms with van der Waals surface area (Å²) in [6.45, 7) is 3.32. The van der Waals surface area contributed by atoms with E-state index in [9.17, 15) is 0 Å². The van der Waals surface area contributed by atoms with Gasteiger partial charge in [-0.3, -0.25) is 0 Å². The summed E-state index contributed by atoms with van der Waals surface area (Å²) >= 11 is 0. The van der Waals surface area contributed by atoms with Crippen LogP contribution in [0.25, 0.3) is 0 Å². The summed E-state index contributed by atoms with van der Waals surface area (Å²) in [7, 11) is 0. The molecule has 0 N–H and O–H groups in total. The van der Waals surface area contributed by atoms with E-state index in [1.165, 1.54) is 43.4 Å². The fourth-order valence-corrected chi connectivity index (χ4v) is 3.09. The second kappa shape index (κ2) is 5.01. The number of hydrogen-bond donors (Lipinski definition) is 0. The van der Waals surface area contributed by atoms with Gasteiger partial charge >= 0.3 is 0 Å². The normalized spacial score (nSPS) is 13.8. The van der Waals surface area contributed by atoms with Crippen molar-refractivity contribution in [3.63, 3.8) is 0 Å². The van der Waals surface area contributed by atoms with Crippen LogP contribution < -0.4 is 0 Å². The van der Waals surface area contributed by atoms with E-state index in [1.54, 1.807) is 11.3 Å². The monoisotopic (exact) mass is 239 g/mol. The van der Waals surface area contributed by atoms with Crippen LogP contribution in [0.4, 0.5) is 0 Å². The van der Waals surface area contributed by atoms with E-state index in [2.05, 4.69) is 47.9 Å². The fraction of sp³-hybridized carbons (Fsp3) is 0.412. The van der Waals surface area contributed by atoms with Crippen molar-refractivity contribution in [2.75, 3.05) is 0 Å². The number of hydrogen-bond acceptors (Lipinski definition) is 0. The summed E-state index contributed by atoms with van der Waals surface area (Å²) in [5.41, 5.74) is 6.16. The predicted molar refractivity (Wildman–Crippen MR) is 76.0 cm³/mol. The van der Waals surface area contributed by atoms with Gasteiger partial charge in [-0.05, 0) is 42.9 Å². The highest BCUT2D eigenvalue weighted by atomic mass is 15.0. The average molecular weight is 239 g/mol. The molecule has 1 aliphatic carbocycles. The Morgan fingerprint density at radius 1 is 1.11 bits per heavy atom. The highest BCUT2D eigenvalue weighted by Gasteiger charge is 2.18. The third kappa shape index (κ3) is 2.10. The molecule has 94 valence electrons. The van der Waals surface area contributed by atoms with Crippen molar-refractivity contribution in [2.45, 2.75) is 45.6 Å². The SMILES string of the molecule is CCCc1cc2c(n1Cc1ccccc1)CCC2. The molecule has 0 saturated heterocycles. The third-order valence-corrected chi connectivity index (χ3v) is 3.93. The molecule has 0 saturated carbocycles. The highest BCUT2D eigenvalue weighted by Crippen LogP contribution is 2.27. The van der Waals surface area contributed by atoms with Crippen molar-refractivity contribution in [1.29, 1.82) is 0 Å². The molecule has 1 heteroatoms. The van der Waals surface area contributed by atoms with Crippen LogP contribution in [0.3, 0.4) is 0 Å². The van der Waals surface area contributed by atoms with Crippen molar-refractivity contribution >= 4 is 0 Å². The molecule has 1 nitrogen and oxygen atoms in total. The van der Waals surface area contributed by atoms with E-state index >= 15 is 0 Å². The molecule has 0 unspecified atom stereocenters. The van der Waals surface area contributed by atoms with Crippen LogP contribution in [0, 0.1) is 0 Å². The molecule has 0 amide bonds. The largest absolute Gasteiger partial charge is 0.344 e. The highest BCUT2D eigenvalue weighted by molar-refractivity contribution is 5.33. The van der Waals surface area contributed by atoms with Crippen molar-refractivity contribution in [1.82, 2.24) is 4.57 Å². The lowest BCUT2D eigenvalue weighted by Gasteiger charge is -2.12. The molecule has 0 spiro atoms. The Morgan fingerprint density at radius 2 is 1.94 bits per heavy atom. The van der Waals surface area contributed by atoms with Crippen LogP contribution >= 0.6 is 0 Å². The van der Waals surface area contributed by atoms with Crippen LogP contribution in [-0.2, 0) is 25.8 Å². The van der Waals surface area contributed by atoms with Gasteiger partial charge in [-0.2, -0.15) is 0 Å². The number of nitrogens with zero attached hydrogens (tertiary/aromatic N) is 1. The molecule has 1 heterocycles. The first-order valence-electron chi connectivity index (χ1n) is 7.12. The second-order valence-electron chi connectivity index (χ2n) is 5.28. The Morgan fingerprint density at radius 3 is 2.72 bits per heavy atom. The molecule has 1 aliphatic rings. The maximum atomic E-state index is 2.57. The minimum atomic E-state index is 1.05. The van der Waals surface area contributed by atoms with Gasteiger partial charge in [0.15, 0.2) is 0 Å². The standard InChI is InChI=1S/C17H21N/c1-2-7-16-12-15-10-6-11-17(15)18(16)13-14-8-4-3-5-9-14/h3-5,8-9,12H,2,6-7,10-11,13H2,1H3. The molecule has 18 heavy (non-hydrogen) atoms. The molecule has 2 aromatic rings. The van der Waals surface area contributed by atoms with Gasteiger partial charge in [0.1, 0.15) is 0 Å². The van der Waals surface area contributed by atoms with E-state index < -0.39 is 0 Å². The lowest BCUT2D eigenvalue weighted by molar-refractivity contribution is 0.685. The van der Waals surface area contributed by atoms with Gasteiger partial charge < -0.3 is 4.57 Å². The Hall–Kier alpha value is -1.50. The van der Waals surface area contributed by atoms with Crippen LogP contribution in [0.1, 0.15) is 42.3 Å². The minimum Gasteiger partial charge on any atom is -0.344 e. The topological polar surface area (TPSA) is 4.93 Å². The predicted octanol–water partition coefficient (Wildman–Crippen LogP) is 3.98. The summed E-state index contributed by atoms with van der Waals surface area (Å²) in [5, 5.41) is 0. The summed E-state index contributed by atoms with van der Waals surface area (Å²) in [5.74, 6) is 0. The van der Waals surface area contributed by atoms with Gasteiger partial charge in [0.2, 0.25) is 0 Å². The van der Waals surface area contributed by atoms with Crippen molar-refractivity contribution in [3.8, 4) is 0 Å². The van der Waals surface area contributed by atoms with Crippen LogP contribution in [0.2, 0.25) is 0 Å². The lowest BCUT2D eigenvalue weighted by Crippen LogP contribution is -2.07. The second-order valence-corrected chi connectivity index (χ2v) is 5.28. The summed E-state index contributed by atoms with van der Waals surface area (Å²) < 4.78 is 2.57. The summed E-state index contributed by atoms with van der Waals surface area (Å²) in [6, 6.07) is 13.3. The van der Waals surface area contributed by atoms with Gasteiger partial charge in [-0.15, -0.1) is 0 Å². The molecule has 1 aromatic heterocycles. The average Bonchev–Trinajstić information content (AvgIpc) is 2.95. The Kier molecular flexibility index (Phi) is 3.22. The molecule has 0 bridgehead atoms. The molecule has 0 radical (unpaired) electrons. The zero-order chi connectivity index (χ0) is 12.4. The van der Waals surface area contributed by atoms with E-state index in [0.29, 0.717) is 0 Å². The zero-order valence-electron chi connectivity index (χ0n) is 11.2. The molecular formula is C17H21N. The van der Waals surface area contributed by atoms with Gasteiger partial charge in [0.05, 0.1) is 0 Å². The van der Waals surface area contributed by atoms with Crippen molar-refractivity contribution in [2.24, 2.45) is 0 Å². The molecule has 3 rings (SSSR count). The first-order valence-corrected chi connectivity index (χ1v) is 7.12. The van der Waals surface area contributed by atoms with Gasteiger partial charge in [-0.25, -0.2) is 0 Å². The van der Waals surface area contributed by atoms with Gasteiger partial charge in [0.25, 0.3) is 0 Å². The summed E-state index contributed by atoms with van der Waals surface area (Å²) in [4.78, 5) is 0. The van der Waals surface area contributed by atoms with Gasteiger partial charge in [0, 0.05) is 17.9 Å². The number of aromatic nitrogens is 1. The lowest BCUT2D eigenvalue weighted by atomic mass is 10.2. The number of fused-ring (bicyclic) bond motifs is 1. The fourth-order valence-electron chi connectivity index (χ4n) is 3.09. The Balaban J connectivity index is 1.94. The maximum Gasteiger partial charge on any atom is 0.0475 e. The zero-order valence-corrected chi connectivity index (χ0v) is 11.2. The molecular weight excluding hydrogens is 218 g/mol. The smallest absolute Gasteiger partial charge is 0.0475 e. The van der Waals surface area contributed by atoms with E-state index in [-0.39, 0.29) is 0 Å². The summed E-state index contributed by atoms with van der Waals surface area (Å²) in [6.07, 6.45) is 6.34. The first kappa shape index (κ1) is 11.6. The Bertz CT molecular complexity index is 522. The van der Waals surface area contributed by atoms with E-state index in [4.69, 9.17) is 0 Å². The minimum absolute atomic E-state index is 1.05. The van der Waals surface area contributed by atoms with E-state index in [1.807, 2.05) is 0 Å². The van der Waals surface area contributed by atoms with Crippen molar-refractivity contribution in [3.05, 3.63) is 58.9 Å². The number of rotatable bonds is 4. The Labute approximate surface area is 109 Å². The molecule has 0 fully saturated rings. The van der Waals surface area contributed by atoms with Crippen molar-refractivity contribution < 1.29 is 0 Å². The third-order valence-electron chi connectivity index (χ3n) is 3.93. The van der Waals surface area contributed by atoms with Crippen LogP contribution in [0.15, 0.2) is 36.4 Å². The molecule has 0 atom stereocenters. The number of aryl methyl sites for hydroxylation is 2.